The van der Waals surface area contributed by atoms with Crippen LogP contribution in [-0.2, 0) is 4.74 Å². The predicted octanol–water partition coefficient (Wildman–Crippen LogP) is 5.79. The molecule has 22 heavy (non-hydrogen) atoms. The molecule has 0 amide bonds. The van der Waals surface area contributed by atoms with Crippen molar-refractivity contribution in [1.29, 1.82) is 0 Å². The van der Waals surface area contributed by atoms with Crippen molar-refractivity contribution >= 4 is 28.6 Å². The lowest BCUT2D eigenvalue weighted by molar-refractivity contribution is 0.338. The van der Waals surface area contributed by atoms with E-state index in [0.29, 0.717) is 11.7 Å². The smallest absolute Gasteiger partial charge is 0.202 e. The molecule has 0 bridgehead atoms. The van der Waals surface area contributed by atoms with E-state index >= 15 is 0 Å². The van der Waals surface area contributed by atoms with Crippen LogP contribution in [0.3, 0.4) is 0 Å². The highest BCUT2D eigenvalue weighted by Crippen LogP contribution is 2.37. The van der Waals surface area contributed by atoms with Crippen molar-refractivity contribution in [2.75, 3.05) is 6.61 Å². The van der Waals surface area contributed by atoms with Crippen LogP contribution < -0.4 is 0 Å². The molecule has 2 aromatic carbocycles. The van der Waals surface area contributed by atoms with E-state index in [4.69, 9.17) is 17.0 Å². The molecule has 0 N–H and O–H groups in total. The Balaban J connectivity index is 2.11. The summed E-state index contributed by atoms with van der Waals surface area (Å²) < 4.78 is 5.58. The molecule has 0 spiro atoms. The van der Waals surface area contributed by atoms with Crippen LogP contribution >= 0.6 is 23.6 Å². The van der Waals surface area contributed by atoms with Crippen molar-refractivity contribution in [2.45, 2.75) is 6.92 Å². The van der Waals surface area contributed by atoms with E-state index in [1.807, 2.05) is 31.2 Å². The lowest BCUT2D eigenvalue weighted by atomic mass is 10.1. The van der Waals surface area contributed by atoms with Crippen LogP contribution in [0.1, 0.15) is 11.8 Å². The maximum atomic E-state index is 5.58. The first-order chi connectivity index (χ1) is 10.8. The molecular weight excluding hydrogens is 308 g/mol. The second-order valence-electron chi connectivity index (χ2n) is 4.81. The Kier molecular flexibility index (Phi) is 4.66. The normalized spacial score (nSPS) is 10.4. The van der Waals surface area contributed by atoms with Crippen molar-refractivity contribution in [2.24, 2.45) is 0 Å². The predicted molar refractivity (Wildman–Crippen MR) is 98.5 cm³/mol. The zero-order valence-corrected chi connectivity index (χ0v) is 13.9. The molecule has 0 saturated heterocycles. The van der Waals surface area contributed by atoms with Crippen LogP contribution in [0.15, 0.2) is 66.7 Å². The van der Waals surface area contributed by atoms with E-state index in [1.165, 1.54) is 10.4 Å². The van der Waals surface area contributed by atoms with Crippen molar-refractivity contribution in [3.05, 3.63) is 71.6 Å². The van der Waals surface area contributed by atoms with Crippen LogP contribution in [0.2, 0.25) is 0 Å². The molecule has 0 aliphatic carbocycles. The van der Waals surface area contributed by atoms with Gasteiger partial charge in [0.1, 0.15) is 0 Å². The van der Waals surface area contributed by atoms with Gasteiger partial charge in [-0.25, -0.2) is 0 Å². The van der Waals surface area contributed by atoms with Crippen molar-refractivity contribution < 1.29 is 4.74 Å². The first kappa shape index (κ1) is 14.9. The number of hydrogen-bond donors (Lipinski definition) is 0. The highest BCUT2D eigenvalue weighted by molar-refractivity contribution is 7.80. The number of hydrogen-bond acceptors (Lipinski definition) is 3. The Hall–Kier alpha value is -1.97. The summed E-state index contributed by atoms with van der Waals surface area (Å²) in [7, 11) is 0. The van der Waals surface area contributed by atoms with Gasteiger partial charge < -0.3 is 4.74 Å². The Bertz CT molecular complexity index is 761. The molecular formula is C19H16OS2. The maximum absolute atomic E-state index is 5.58. The minimum atomic E-state index is 0.577. The summed E-state index contributed by atoms with van der Waals surface area (Å²) in [5.74, 6) is 0. The average molecular weight is 324 g/mol. The minimum absolute atomic E-state index is 0.577. The molecule has 1 aromatic heterocycles. The lowest BCUT2D eigenvalue weighted by Crippen LogP contribution is -2.01. The Morgan fingerprint density at radius 3 is 2.14 bits per heavy atom. The standard InChI is InChI=1S/C19H16OS2/c1-2-20-19(21)18-16(14-9-5-3-6-10-14)13-17(22-18)15-11-7-4-8-12-15/h3-13H,2H2,1H3. The fourth-order valence-electron chi connectivity index (χ4n) is 2.32. The quantitative estimate of drug-likeness (QED) is 0.561. The summed E-state index contributed by atoms with van der Waals surface area (Å²) in [5, 5.41) is 0.577. The molecule has 0 aliphatic heterocycles. The number of thiocarbonyl (C=S) groups is 1. The van der Waals surface area contributed by atoms with Gasteiger partial charge in [-0.05, 0) is 36.3 Å². The topological polar surface area (TPSA) is 9.23 Å². The molecule has 0 aliphatic rings. The molecule has 0 unspecified atom stereocenters. The van der Waals surface area contributed by atoms with Gasteiger partial charge in [-0.15, -0.1) is 11.3 Å². The van der Waals surface area contributed by atoms with Crippen molar-refractivity contribution in [1.82, 2.24) is 0 Å². The van der Waals surface area contributed by atoms with Crippen LogP contribution in [0.4, 0.5) is 0 Å². The van der Waals surface area contributed by atoms with Gasteiger partial charge in [0.25, 0.3) is 0 Å². The largest absolute Gasteiger partial charge is 0.483 e. The monoisotopic (exact) mass is 324 g/mol. The highest BCUT2D eigenvalue weighted by Gasteiger charge is 2.16. The van der Waals surface area contributed by atoms with Gasteiger partial charge in [-0.3, -0.25) is 0 Å². The highest BCUT2D eigenvalue weighted by atomic mass is 32.1. The summed E-state index contributed by atoms with van der Waals surface area (Å²) in [4.78, 5) is 2.23. The fourth-order valence-corrected chi connectivity index (χ4v) is 3.75. The number of benzene rings is 2. The zero-order chi connectivity index (χ0) is 15.4. The summed E-state index contributed by atoms with van der Waals surface area (Å²) in [6.45, 7) is 2.55. The second-order valence-corrected chi connectivity index (χ2v) is 6.23. The van der Waals surface area contributed by atoms with E-state index < -0.39 is 0 Å². The first-order valence-corrected chi connectivity index (χ1v) is 8.44. The number of thiophene rings is 1. The van der Waals surface area contributed by atoms with Gasteiger partial charge in [0.05, 0.1) is 11.5 Å². The summed E-state index contributed by atoms with van der Waals surface area (Å²) >= 11 is 7.15. The second kappa shape index (κ2) is 6.86. The Morgan fingerprint density at radius 1 is 0.955 bits per heavy atom. The van der Waals surface area contributed by atoms with Gasteiger partial charge in [0.15, 0.2) is 0 Å². The first-order valence-electron chi connectivity index (χ1n) is 7.21. The molecule has 3 rings (SSSR count). The van der Waals surface area contributed by atoms with E-state index in [-0.39, 0.29) is 0 Å². The van der Waals surface area contributed by atoms with Crippen LogP contribution in [0.25, 0.3) is 21.6 Å². The van der Waals surface area contributed by atoms with Crippen molar-refractivity contribution in [3.8, 4) is 21.6 Å². The van der Waals surface area contributed by atoms with E-state index in [9.17, 15) is 0 Å². The summed E-state index contributed by atoms with van der Waals surface area (Å²) in [6.07, 6.45) is 0. The van der Waals surface area contributed by atoms with E-state index in [1.54, 1.807) is 11.3 Å². The molecule has 1 heterocycles. The average Bonchev–Trinajstić information content (AvgIpc) is 3.02. The fraction of sp³-hybridized carbons (Fsp3) is 0.105. The van der Waals surface area contributed by atoms with Crippen LogP contribution in [0.5, 0.6) is 0 Å². The molecule has 3 heteroatoms. The van der Waals surface area contributed by atoms with Gasteiger partial charge in [0, 0.05) is 10.4 Å². The molecule has 0 fully saturated rings. The van der Waals surface area contributed by atoms with E-state index in [2.05, 4.69) is 42.5 Å². The minimum Gasteiger partial charge on any atom is -0.483 e. The van der Waals surface area contributed by atoms with Gasteiger partial charge in [0.2, 0.25) is 5.05 Å². The lowest BCUT2D eigenvalue weighted by Gasteiger charge is -2.06. The molecule has 0 saturated carbocycles. The van der Waals surface area contributed by atoms with Crippen molar-refractivity contribution in [3.63, 3.8) is 0 Å². The molecule has 1 nitrogen and oxygen atoms in total. The third-order valence-corrected chi connectivity index (χ3v) is 4.97. The number of ether oxygens (including phenoxy) is 1. The molecule has 3 aromatic rings. The Labute approximate surface area is 140 Å². The summed E-state index contributed by atoms with van der Waals surface area (Å²) in [6, 6.07) is 22.9. The molecule has 0 radical (unpaired) electrons. The third-order valence-electron chi connectivity index (χ3n) is 3.34. The molecule has 0 atom stereocenters. The maximum Gasteiger partial charge on any atom is 0.202 e. The van der Waals surface area contributed by atoms with Gasteiger partial charge in [-0.2, -0.15) is 0 Å². The molecule has 110 valence electrons. The van der Waals surface area contributed by atoms with Gasteiger partial charge >= 0.3 is 0 Å². The zero-order valence-electron chi connectivity index (χ0n) is 12.3. The van der Waals surface area contributed by atoms with Crippen LogP contribution in [-0.4, -0.2) is 11.7 Å². The van der Waals surface area contributed by atoms with Gasteiger partial charge in [-0.1, -0.05) is 60.7 Å². The number of rotatable bonds is 4. The summed E-state index contributed by atoms with van der Waals surface area (Å²) in [5.41, 5.74) is 3.51. The SMILES string of the molecule is CCOC(=S)c1sc(-c2ccccc2)cc1-c1ccccc1. The Morgan fingerprint density at radius 2 is 1.55 bits per heavy atom. The third kappa shape index (κ3) is 3.11. The van der Waals surface area contributed by atoms with E-state index in [0.717, 1.165) is 16.0 Å². The van der Waals surface area contributed by atoms with Crippen LogP contribution in [0, 0.1) is 0 Å².